The van der Waals surface area contributed by atoms with E-state index in [0.29, 0.717) is 5.69 Å². The summed E-state index contributed by atoms with van der Waals surface area (Å²) < 4.78 is 3.52. The molecule has 0 radical (unpaired) electrons. The van der Waals surface area contributed by atoms with Crippen molar-refractivity contribution in [3.8, 4) is 5.69 Å². The fraction of sp³-hybridized carbons (Fsp3) is 0. The standard InChI is InChI=1S/C18H13Br2N3O/c19-14-7-8-17(16(20)10-14)22-18(24)9-6-13-11-21-23(12-13)15-4-2-1-3-5-15/h1-12H,(H,22,24)/b9-6+. The third kappa shape index (κ3) is 4.21. The number of nitrogens with one attached hydrogen (secondary N) is 1. The van der Waals surface area contributed by atoms with Crippen LogP contribution < -0.4 is 5.32 Å². The predicted molar refractivity (Wildman–Crippen MR) is 103 cm³/mol. The Kier molecular flexibility index (Phi) is 5.27. The summed E-state index contributed by atoms with van der Waals surface area (Å²) in [6.07, 6.45) is 6.80. The Bertz CT molecular complexity index is 888. The number of aromatic nitrogens is 2. The number of halogens is 2. The Labute approximate surface area is 156 Å². The highest BCUT2D eigenvalue weighted by Gasteiger charge is 2.04. The van der Waals surface area contributed by atoms with Crippen molar-refractivity contribution >= 4 is 49.5 Å². The van der Waals surface area contributed by atoms with Crippen LogP contribution in [0.5, 0.6) is 0 Å². The molecule has 0 unspecified atom stereocenters. The minimum absolute atomic E-state index is 0.203. The number of carbonyl (C=O) groups excluding carboxylic acids is 1. The molecule has 0 bridgehead atoms. The van der Waals surface area contributed by atoms with E-state index in [4.69, 9.17) is 0 Å². The summed E-state index contributed by atoms with van der Waals surface area (Å²) in [5.74, 6) is -0.203. The van der Waals surface area contributed by atoms with E-state index in [-0.39, 0.29) is 5.91 Å². The van der Waals surface area contributed by atoms with Crippen molar-refractivity contribution in [2.45, 2.75) is 0 Å². The van der Waals surface area contributed by atoms with Gasteiger partial charge in [-0.3, -0.25) is 4.79 Å². The van der Waals surface area contributed by atoms with Crippen LogP contribution in [-0.2, 0) is 4.79 Å². The zero-order valence-corrected chi connectivity index (χ0v) is 15.7. The molecule has 0 atom stereocenters. The van der Waals surface area contributed by atoms with Gasteiger partial charge < -0.3 is 5.32 Å². The number of benzene rings is 2. The number of anilines is 1. The van der Waals surface area contributed by atoms with Crippen molar-refractivity contribution in [3.05, 3.63) is 81.5 Å². The van der Waals surface area contributed by atoms with E-state index in [9.17, 15) is 4.79 Å². The van der Waals surface area contributed by atoms with Gasteiger partial charge in [-0.25, -0.2) is 4.68 Å². The van der Waals surface area contributed by atoms with Crippen LogP contribution in [-0.4, -0.2) is 15.7 Å². The molecule has 120 valence electrons. The molecule has 1 aromatic heterocycles. The molecule has 1 heterocycles. The van der Waals surface area contributed by atoms with Gasteiger partial charge in [-0.1, -0.05) is 34.1 Å². The molecule has 0 aliphatic rings. The van der Waals surface area contributed by atoms with Gasteiger partial charge in [-0.05, 0) is 52.3 Å². The fourth-order valence-corrected chi connectivity index (χ4v) is 3.23. The molecular weight excluding hydrogens is 434 g/mol. The quantitative estimate of drug-likeness (QED) is 0.570. The number of hydrogen-bond donors (Lipinski definition) is 1. The molecule has 4 nitrogen and oxygen atoms in total. The Hall–Kier alpha value is -2.18. The molecule has 0 saturated carbocycles. The molecule has 0 saturated heterocycles. The van der Waals surface area contributed by atoms with E-state index in [1.807, 2.05) is 54.7 Å². The van der Waals surface area contributed by atoms with Crippen LogP contribution in [0.2, 0.25) is 0 Å². The summed E-state index contributed by atoms with van der Waals surface area (Å²) in [5.41, 5.74) is 2.54. The Morgan fingerprint density at radius 1 is 1.12 bits per heavy atom. The van der Waals surface area contributed by atoms with Crippen molar-refractivity contribution in [2.75, 3.05) is 5.32 Å². The van der Waals surface area contributed by atoms with Gasteiger partial charge in [0.25, 0.3) is 0 Å². The van der Waals surface area contributed by atoms with Crippen molar-refractivity contribution in [2.24, 2.45) is 0 Å². The third-order valence-electron chi connectivity index (χ3n) is 3.24. The first-order valence-corrected chi connectivity index (χ1v) is 8.74. The smallest absolute Gasteiger partial charge is 0.248 e. The van der Waals surface area contributed by atoms with Gasteiger partial charge in [0.2, 0.25) is 5.91 Å². The number of para-hydroxylation sites is 1. The molecule has 0 spiro atoms. The SMILES string of the molecule is O=C(/C=C/c1cnn(-c2ccccc2)c1)Nc1ccc(Br)cc1Br. The van der Waals surface area contributed by atoms with Gasteiger partial charge in [-0.15, -0.1) is 0 Å². The topological polar surface area (TPSA) is 46.9 Å². The summed E-state index contributed by atoms with van der Waals surface area (Å²) >= 11 is 6.80. The van der Waals surface area contributed by atoms with Crippen LogP contribution >= 0.6 is 31.9 Å². The van der Waals surface area contributed by atoms with Crippen LogP contribution in [0, 0.1) is 0 Å². The predicted octanol–water partition coefficient (Wildman–Crippen LogP) is 5.05. The summed E-state index contributed by atoms with van der Waals surface area (Å²) in [4.78, 5) is 12.0. The van der Waals surface area contributed by atoms with E-state index in [2.05, 4.69) is 42.3 Å². The second-order valence-corrected chi connectivity index (χ2v) is 6.77. The molecule has 3 aromatic rings. The number of nitrogens with zero attached hydrogens (tertiary/aromatic N) is 2. The minimum atomic E-state index is -0.203. The minimum Gasteiger partial charge on any atom is -0.321 e. The molecule has 3 rings (SSSR count). The number of rotatable bonds is 4. The number of amides is 1. The van der Waals surface area contributed by atoms with Crippen molar-refractivity contribution < 1.29 is 4.79 Å². The van der Waals surface area contributed by atoms with E-state index in [1.54, 1.807) is 17.0 Å². The van der Waals surface area contributed by atoms with E-state index < -0.39 is 0 Å². The van der Waals surface area contributed by atoms with Gasteiger partial charge in [0.1, 0.15) is 0 Å². The molecule has 1 amide bonds. The second kappa shape index (κ2) is 7.59. The van der Waals surface area contributed by atoms with Crippen LogP contribution in [0.1, 0.15) is 5.56 Å². The summed E-state index contributed by atoms with van der Waals surface area (Å²) in [6.45, 7) is 0. The second-order valence-electron chi connectivity index (χ2n) is 5.00. The fourth-order valence-electron chi connectivity index (χ4n) is 2.08. The molecule has 24 heavy (non-hydrogen) atoms. The first-order chi connectivity index (χ1) is 11.6. The zero-order chi connectivity index (χ0) is 16.9. The van der Waals surface area contributed by atoms with Crippen LogP contribution in [0.3, 0.4) is 0 Å². The van der Waals surface area contributed by atoms with Gasteiger partial charge in [-0.2, -0.15) is 5.10 Å². The summed E-state index contributed by atoms with van der Waals surface area (Å²) in [5, 5.41) is 7.12. The van der Waals surface area contributed by atoms with Gasteiger partial charge in [0.05, 0.1) is 17.6 Å². The van der Waals surface area contributed by atoms with Gasteiger partial charge >= 0.3 is 0 Å². The molecule has 0 aliphatic heterocycles. The van der Waals surface area contributed by atoms with Crippen molar-refractivity contribution in [3.63, 3.8) is 0 Å². The average molecular weight is 447 g/mol. The maximum absolute atomic E-state index is 12.0. The maximum atomic E-state index is 12.0. The highest BCUT2D eigenvalue weighted by Crippen LogP contribution is 2.26. The lowest BCUT2D eigenvalue weighted by molar-refractivity contribution is -0.111. The maximum Gasteiger partial charge on any atom is 0.248 e. The molecule has 0 aliphatic carbocycles. The molecule has 0 fully saturated rings. The zero-order valence-electron chi connectivity index (χ0n) is 12.5. The van der Waals surface area contributed by atoms with Gasteiger partial charge in [0.15, 0.2) is 0 Å². The lowest BCUT2D eigenvalue weighted by Gasteiger charge is -2.05. The highest BCUT2D eigenvalue weighted by molar-refractivity contribution is 9.11. The van der Waals surface area contributed by atoms with Crippen LogP contribution in [0.15, 0.2) is 75.9 Å². The van der Waals surface area contributed by atoms with Gasteiger partial charge in [0, 0.05) is 26.8 Å². The summed E-state index contributed by atoms with van der Waals surface area (Å²) in [6, 6.07) is 15.4. The highest BCUT2D eigenvalue weighted by atomic mass is 79.9. The summed E-state index contributed by atoms with van der Waals surface area (Å²) in [7, 11) is 0. The third-order valence-corrected chi connectivity index (χ3v) is 4.39. The molecule has 2 aromatic carbocycles. The van der Waals surface area contributed by atoms with E-state index in [1.165, 1.54) is 6.08 Å². The first kappa shape index (κ1) is 16.7. The number of hydrogen-bond acceptors (Lipinski definition) is 2. The molecule has 1 N–H and O–H groups in total. The molecular formula is C18H13Br2N3O. The monoisotopic (exact) mass is 445 g/mol. The normalized spacial score (nSPS) is 10.9. The van der Waals surface area contributed by atoms with Crippen LogP contribution in [0.25, 0.3) is 11.8 Å². The lowest BCUT2D eigenvalue weighted by atomic mass is 10.3. The first-order valence-electron chi connectivity index (χ1n) is 7.16. The van der Waals surface area contributed by atoms with Crippen LogP contribution in [0.4, 0.5) is 5.69 Å². The van der Waals surface area contributed by atoms with E-state index >= 15 is 0 Å². The van der Waals surface area contributed by atoms with E-state index in [0.717, 1.165) is 20.2 Å². The average Bonchev–Trinajstić information content (AvgIpc) is 3.05. The van der Waals surface area contributed by atoms with Crippen molar-refractivity contribution in [1.29, 1.82) is 0 Å². The number of carbonyl (C=O) groups is 1. The molecule has 6 heteroatoms. The lowest BCUT2D eigenvalue weighted by Crippen LogP contribution is -2.08. The largest absolute Gasteiger partial charge is 0.321 e. The Balaban J connectivity index is 1.67. The Morgan fingerprint density at radius 3 is 2.67 bits per heavy atom. The Morgan fingerprint density at radius 2 is 1.92 bits per heavy atom. The van der Waals surface area contributed by atoms with Crippen molar-refractivity contribution in [1.82, 2.24) is 9.78 Å².